The molecular weight excluding hydrogens is 532 g/mol. The summed E-state index contributed by atoms with van der Waals surface area (Å²) in [6.45, 7) is 0. The van der Waals surface area contributed by atoms with Crippen LogP contribution >= 0.6 is 34.0 Å². The van der Waals surface area contributed by atoms with Crippen LogP contribution in [0.15, 0.2) is 82.9 Å². The summed E-state index contributed by atoms with van der Waals surface area (Å²) in [5.41, 5.74) is 1.48. The molecule has 0 aliphatic carbocycles. The molecule has 0 nitrogen and oxygen atoms in total. The molecular formula is C19H16PbS3. The SMILES string of the molecule is c1ccc([CH2][Pb]([c]2cccs2)([c]2cccs2)[c]2cccs2)cc1. The van der Waals surface area contributed by atoms with Gasteiger partial charge in [0.05, 0.1) is 0 Å². The normalized spacial score (nSPS) is 11.7. The summed E-state index contributed by atoms with van der Waals surface area (Å²) in [4.78, 5) is 0. The molecule has 0 N–H and O–H groups in total. The maximum atomic E-state index is 2.38. The number of hydrogen-bond acceptors (Lipinski definition) is 3. The third-order valence-corrected chi connectivity index (χ3v) is 34.9. The summed E-state index contributed by atoms with van der Waals surface area (Å²) in [5.74, 6) is 0. The first kappa shape index (κ1) is 15.8. The van der Waals surface area contributed by atoms with Crippen molar-refractivity contribution < 1.29 is 0 Å². The Labute approximate surface area is 153 Å². The van der Waals surface area contributed by atoms with E-state index in [-0.39, 0.29) is 0 Å². The van der Waals surface area contributed by atoms with Crippen molar-refractivity contribution in [3.8, 4) is 0 Å². The monoisotopic (exact) mass is 548 g/mol. The van der Waals surface area contributed by atoms with E-state index in [0.717, 1.165) is 0 Å². The molecule has 0 unspecified atom stereocenters. The van der Waals surface area contributed by atoms with E-state index < -0.39 is 21.2 Å². The van der Waals surface area contributed by atoms with E-state index in [1.54, 1.807) is 7.31 Å². The van der Waals surface area contributed by atoms with Gasteiger partial charge in [0.15, 0.2) is 0 Å². The van der Waals surface area contributed by atoms with Crippen LogP contribution in [-0.4, -0.2) is 21.2 Å². The van der Waals surface area contributed by atoms with Gasteiger partial charge in [0.2, 0.25) is 0 Å². The van der Waals surface area contributed by atoms with Crippen LogP contribution in [0, 0.1) is 0 Å². The summed E-state index contributed by atoms with van der Waals surface area (Å²) in [6.07, 6.45) is 0. The van der Waals surface area contributed by atoms with Crippen LogP contribution in [0.4, 0.5) is 0 Å². The third-order valence-electron chi connectivity index (χ3n) is 4.14. The second kappa shape index (κ2) is 7.01. The minimum atomic E-state index is -3.08. The Kier molecular flexibility index (Phi) is 4.80. The molecule has 0 spiro atoms. The quantitative estimate of drug-likeness (QED) is 0.330. The van der Waals surface area contributed by atoms with Gasteiger partial charge in [-0.2, -0.15) is 0 Å². The van der Waals surface area contributed by atoms with Crippen LogP contribution < -0.4 is 7.31 Å². The van der Waals surface area contributed by atoms with Crippen molar-refractivity contribution in [3.05, 3.63) is 88.4 Å². The van der Waals surface area contributed by atoms with Crippen molar-refractivity contribution in [2.75, 3.05) is 0 Å². The second-order valence-electron chi connectivity index (χ2n) is 5.50. The molecule has 1 aromatic carbocycles. The van der Waals surface area contributed by atoms with Gasteiger partial charge in [-0.25, -0.2) is 0 Å². The summed E-state index contributed by atoms with van der Waals surface area (Å²) in [5, 5.41) is 6.74. The molecule has 23 heavy (non-hydrogen) atoms. The fourth-order valence-corrected chi connectivity index (χ4v) is 36.5. The van der Waals surface area contributed by atoms with Crippen molar-refractivity contribution in [2.45, 2.75) is 3.98 Å². The van der Waals surface area contributed by atoms with Gasteiger partial charge in [0, 0.05) is 0 Å². The first-order chi connectivity index (χ1) is 11.4. The summed E-state index contributed by atoms with van der Waals surface area (Å²) in [6, 6.07) is 24.9. The van der Waals surface area contributed by atoms with Crippen molar-refractivity contribution in [2.24, 2.45) is 0 Å². The molecule has 3 heterocycles. The van der Waals surface area contributed by atoms with Crippen LogP contribution in [-0.2, 0) is 3.98 Å². The molecule has 4 aromatic rings. The van der Waals surface area contributed by atoms with E-state index >= 15 is 0 Å². The Morgan fingerprint density at radius 3 is 1.43 bits per heavy atom. The molecule has 0 saturated carbocycles. The maximum absolute atomic E-state index is 3.08. The number of benzene rings is 1. The van der Waals surface area contributed by atoms with Crippen LogP contribution in [0.1, 0.15) is 5.56 Å². The van der Waals surface area contributed by atoms with E-state index in [1.807, 2.05) is 34.0 Å². The van der Waals surface area contributed by atoms with Crippen molar-refractivity contribution in [3.63, 3.8) is 0 Å². The Morgan fingerprint density at radius 1 is 0.565 bits per heavy atom. The average Bonchev–Trinajstić information content (AvgIpc) is 3.38. The molecule has 0 radical (unpaired) electrons. The Morgan fingerprint density at radius 2 is 1.04 bits per heavy atom. The first-order valence-electron chi connectivity index (χ1n) is 7.55. The van der Waals surface area contributed by atoms with Gasteiger partial charge in [0.1, 0.15) is 0 Å². The predicted molar refractivity (Wildman–Crippen MR) is 108 cm³/mol. The Bertz CT molecular complexity index is 747. The molecule has 4 rings (SSSR count). The number of rotatable bonds is 5. The molecule has 0 bridgehead atoms. The topological polar surface area (TPSA) is 0 Å². The minimum absolute atomic E-state index is 1.22. The molecule has 0 fully saturated rings. The van der Waals surface area contributed by atoms with Crippen molar-refractivity contribution >= 4 is 62.5 Å². The van der Waals surface area contributed by atoms with Gasteiger partial charge in [-0.15, -0.1) is 0 Å². The van der Waals surface area contributed by atoms with E-state index in [0.29, 0.717) is 0 Å². The third kappa shape index (κ3) is 3.00. The molecule has 0 amide bonds. The predicted octanol–water partition coefficient (Wildman–Crippen LogP) is 4.12. The van der Waals surface area contributed by atoms with Crippen molar-refractivity contribution in [1.29, 1.82) is 0 Å². The molecule has 0 aliphatic rings. The zero-order valence-electron chi connectivity index (χ0n) is 12.5. The molecule has 4 heteroatoms. The average molecular weight is 548 g/mol. The van der Waals surface area contributed by atoms with Gasteiger partial charge < -0.3 is 0 Å². The van der Waals surface area contributed by atoms with Crippen LogP contribution in [0.3, 0.4) is 0 Å². The standard InChI is InChI=1S/C7H7.3C4H3S.Pb/c1-7-5-3-2-4-6-7;3*1-2-4-5-3-1;/h2-6H,1H2;3*1-3H;. The number of thiophene rings is 3. The zero-order chi connectivity index (χ0) is 15.5. The summed E-state index contributed by atoms with van der Waals surface area (Å²) < 4.78 is 6.15. The van der Waals surface area contributed by atoms with Gasteiger partial charge in [-0.1, -0.05) is 0 Å². The van der Waals surface area contributed by atoms with E-state index in [1.165, 1.54) is 9.54 Å². The molecule has 0 aliphatic heterocycles. The van der Waals surface area contributed by atoms with Crippen LogP contribution in [0.25, 0.3) is 0 Å². The van der Waals surface area contributed by atoms with Crippen molar-refractivity contribution in [1.82, 2.24) is 0 Å². The van der Waals surface area contributed by atoms with E-state index in [4.69, 9.17) is 0 Å². The second-order valence-corrected chi connectivity index (χ2v) is 27.3. The van der Waals surface area contributed by atoms with Gasteiger partial charge >= 0.3 is 155 Å². The summed E-state index contributed by atoms with van der Waals surface area (Å²) >= 11 is 2.79. The van der Waals surface area contributed by atoms with E-state index in [2.05, 4.69) is 82.9 Å². The molecule has 114 valence electrons. The zero-order valence-corrected chi connectivity index (χ0v) is 18.9. The van der Waals surface area contributed by atoms with Crippen LogP contribution in [0.5, 0.6) is 0 Å². The fraction of sp³-hybridized carbons (Fsp3) is 0.0526. The summed E-state index contributed by atoms with van der Waals surface area (Å²) in [7, 11) is 0. The van der Waals surface area contributed by atoms with Gasteiger partial charge in [-0.05, 0) is 0 Å². The Hall–Kier alpha value is -0.758. The Balaban J connectivity index is 1.95. The van der Waals surface area contributed by atoms with Gasteiger partial charge in [0.25, 0.3) is 0 Å². The van der Waals surface area contributed by atoms with E-state index in [9.17, 15) is 0 Å². The molecule has 0 atom stereocenters. The molecule has 3 aromatic heterocycles. The van der Waals surface area contributed by atoms with Crippen LogP contribution in [0.2, 0.25) is 0 Å². The number of hydrogen-bond donors (Lipinski definition) is 0. The fourth-order valence-electron chi connectivity index (χ4n) is 3.09. The first-order valence-corrected chi connectivity index (χ1v) is 18.8. The van der Waals surface area contributed by atoms with Gasteiger partial charge in [-0.3, -0.25) is 0 Å². The molecule has 0 saturated heterocycles.